The molecule has 1 rings (SSSR count). The molecule has 0 amide bonds. The third kappa shape index (κ3) is 3.14. The Morgan fingerprint density at radius 1 is 1.29 bits per heavy atom. The third-order valence-electron chi connectivity index (χ3n) is 2.36. The molecule has 17 heavy (non-hydrogen) atoms. The largest absolute Gasteiger partial charge is 0.478 e. The van der Waals surface area contributed by atoms with Crippen LogP contribution in [0.25, 0.3) is 0 Å². The second-order valence-corrected chi connectivity index (χ2v) is 3.80. The Kier molecular flexibility index (Phi) is 3.98. The van der Waals surface area contributed by atoms with Gasteiger partial charge in [0.25, 0.3) is 0 Å². The van der Waals surface area contributed by atoms with E-state index in [2.05, 4.69) is 0 Å². The molecule has 0 bridgehead atoms. The highest BCUT2D eigenvalue weighted by Crippen LogP contribution is 2.16. The van der Waals surface area contributed by atoms with Crippen LogP contribution in [0.1, 0.15) is 33.2 Å². The van der Waals surface area contributed by atoms with Gasteiger partial charge in [-0.15, -0.1) is 0 Å². The summed E-state index contributed by atoms with van der Waals surface area (Å²) < 4.78 is 0. The zero-order valence-electron chi connectivity index (χ0n) is 9.21. The molecule has 0 fully saturated rings. The second kappa shape index (κ2) is 5.25. The maximum absolute atomic E-state index is 11.0. The number of aromatic carboxylic acids is 2. The molecule has 1 aromatic carbocycles. The van der Waals surface area contributed by atoms with Gasteiger partial charge in [0.1, 0.15) is 6.29 Å². The smallest absolute Gasteiger partial charge is 0.335 e. The van der Waals surface area contributed by atoms with E-state index < -0.39 is 11.9 Å². The standard InChI is InChI=1S/C12H12O5/c1-7(6-13)4-8-2-3-9(11(14)15)5-10(8)12(16)17/h2-3,5-7H,4H2,1H3,(H,14,15)(H,16,17). The maximum Gasteiger partial charge on any atom is 0.335 e. The van der Waals surface area contributed by atoms with Crippen molar-refractivity contribution in [2.24, 2.45) is 5.92 Å². The fourth-order valence-corrected chi connectivity index (χ4v) is 1.48. The number of rotatable bonds is 5. The summed E-state index contributed by atoms with van der Waals surface area (Å²) in [4.78, 5) is 32.2. The lowest BCUT2D eigenvalue weighted by Crippen LogP contribution is -2.09. The third-order valence-corrected chi connectivity index (χ3v) is 2.36. The molecule has 0 radical (unpaired) electrons. The first-order chi connectivity index (χ1) is 7.95. The first-order valence-electron chi connectivity index (χ1n) is 5.00. The Bertz CT molecular complexity index is 464. The predicted octanol–water partition coefficient (Wildman–Crippen LogP) is 1.46. The van der Waals surface area contributed by atoms with Crippen LogP contribution < -0.4 is 0 Å². The molecule has 0 saturated carbocycles. The van der Waals surface area contributed by atoms with E-state index in [0.717, 1.165) is 12.4 Å². The van der Waals surface area contributed by atoms with Crippen LogP contribution in [-0.2, 0) is 11.2 Å². The number of benzene rings is 1. The normalized spacial score (nSPS) is 11.8. The van der Waals surface area contributed by atoms with E-state index in [9.17, 15) is 14.4 Å². The maximum atomic E-state index is 11.0. The minimum absolute atomic E-state index is 0.0707. The second-order valence-electron chi connectivity index (χ2n) is 3.80. The zero-order chi connectivity index (χ0) is 13.0. The summed E-state index contributed by atoms with van der Waals surface area (Å²) in [5.74, 6) is -2.67. The Hall–Kier alpha value is -2.17. The van der Waals surface area contributed by atoms with Gasteiger partial charge in [-0.3, -0.25) is 0 Å². The van der Waals surface area contributed by atoms with Gasteiger partial charge in [-0.1, -0.05) is 13.0 Å². The van der Waals surface area contributed by atoms with E-state index in [0.29, 0.717) is 5.56 Å². The number of hydrogen-bond donors (Lipinski definition) is 2. The van der Waals surface area contributed by atoms with Crippen LogP contribution in [0.3, 0.4) is 0 Å². The number of carboxylic acids is 2. The van der Waals surface area contributed by atoms with Gasteiger partial charge >= 0.3 is 11.9 Å². The van der Waals surface area contributed by atoms with Crippen LogP contribution in [0.4, 0.5) is 0 Å². The molecular formula is C12H12O5. The number of carbonyl (C=O) groups excluding carboxylic acids is 1. The lowest BCUT2D eigenvalue weighted by molar-refractivity contribution is -0.110. The lowest BCUT2D eigenvalue weighted by atomic mass is 9.96. The predicted molar refractivity (Wildman–Crippen MR) is 59.3 cm³/mol. The van der Waals surface area contributed by atoms with Gasteiger partial charge in [0, 0.05) is 5.92 Å². The quantitative estimate of drug-likeness (QED) is 0.755. The molecule has 0 aliphatic carbocycles. The van der Waals surface area contributed by atoms with E-state index >= 15 is 0 Å². The van der Waals surface area contributed by atoms with Gasteiger partial charge in [0.05, 0.1) is 11.1 Å². The van der Waals surface area contributed by atoms with Gasteiger partial charge in [-0.2, -0.15) is 0 Å². The summed E-state index contributed by atoms with van der Waals surface area (Å²) in [6.45, 7) is 1.67. The highest BCUT2D eigenvalue weighted by atomic mass is 16.4. The highest BCUT2D eigenvalue weighted by molar-refractivity contribution is 5.94. The number of hydrogen-bond acceptors (Lipinski definition) is 3. The van der Waals surface area contributed by atoms with Crippen molar-refractivity contribution >= 4 is 18.2 Å². The van der Waals surface area contributed by atoms with Crippen molar-refractivity contribution in [3.63, 3.8) is 0 Å². The average Bonchev–Trinajstić information content (AvgIpc) is 2.28. The van der Waals surface area contributed by atoms with Crippen molar-refractivity contribution in [3.8, 4) is 0 Å². The molecule has 1 unspecified atom stereocenters. The van der Waals surface area contributed by atoms with Crippen LogP contribution in [-0.4, -0.2) is 28.4 Å². The molecule has 0 heterocycles. The molecule has 5 nitrogen and oxygen atoms in total. The topological polar surface area (TPSA) is 91.7 Å². The van der Waals surface area contributed by atoms with Crippen molar-refractivity contribution in [1.29, 1.82) is 0 Å². The molecule has 0 spiro atoms. The first-order valence-corrected chi connectivity index (χ1v) is 5.00. The first kappa shape index (κ1) is 12.9. The summed E-state index contributed by atoms with van der Waals surface area (Å²) in [6, 6.07) is 3.88. The van der Waals surface area contributed by atoms with Gasteiger partial charge in [-0.05, 0) is 24.1 Å². The molecule has 0 aromatic heterocycles. The molecule has 0 aliphatic heterocycles. The summed E-state index contributed by atoms with van der Waals surface area (Å²) >= 11 is 0. The fourth-order valence-electron chi connectivity index (χ4n) is 1.48. The van der Waals surface area contributed by atoms with E-state index in [1.54, 1.807) is 6.92 Å². The number of carboxylic acid groups (broad SMARTS) is 2. The van der Waals surface area contributed by atoms with Crippen molar-refractivity contribution in [3.05, 3.63) is 34.9 Å². The average molecular weight is 236 g/mol. The monoisotopic (exact) mass is 236 g/mol. The Morgan fingerprint density at radius 2 is 1.94 bits per heavy atom. The van der Waals surface area contributed by atoms with Gasteiger partial charge in [-0.25, -0.2) is 9.59 Å². The zero-order valence-corrected chi connectivity index (χ0v) is 9.21. The summed E-state index contributed by atoms with van der Waals surface area (Å²) in [7, 11) is 0. The van der Waals surface area contributed by atoms with Gasteiger partial charge in [0.15, 0.2) is 0 Å². The molecule has 1 atom stereocenters. The van der Waals surface area contributed by atoms with Crippen molar-refractivity contribution < 1.29 is 24.6 Å². The molecule has 1 aromatic rings. The molecule has 90 valence electrons. The Balaban J connectivity index is 3.17. The van der Waals surface area contributed by atoms with Crippen LogP contribution in [0, 0.1) is 5.92 Å². The molecule has 5 heteroatoms. The molecular weight excluding hydrogens is 224 g/mol. The minimum atomic E-state index is -1.19. The Labute approximate surface area is 97.7 Å². The van der Waals surface area contributed by atoms with Gasteiger partial charge in [0.2, 0.25) is 0 Å². The summed E-state index contributed by atoms with van der Waals surface area (Å²) in [5, 5.41) is 17.7. The van der Waals surface area contributed by atoms with E-state index in [1.807, 2.05) is 0 Å². The highest BCUT2D eigenvalue weighted by Gasteiger charge is 2.15. The van der Waals surface area contributed by atoms with Crippen molar-refractivity contribution in [2.45, 2.75) is 13.3 Å². The number of aldehydes is 1. The number of carbonyl (C=O) groups is 3. The van der Waals surface area contributed by atoms with Crippen LogP contribution in [0.5, 0.6) is 0 Å². The summed E-state index contributed by atoms with van der Waals surface area (Å²) in [6.07, 6.45) is 1.02. The van der Waals surface area contributed by atoms with E-state index in [-0.39, 0.29) is 23.5 Å². The fraction of sp³-hybridized carbons (Fsp3) is 0.250. The summed E-state index contributed by atoms with van der Waals surface area (Å²) in [5.41, 5.74) is 0.311. The molecule has 0 saturated heterocycles. The van der Waals surface area contributed by atoms with Crippen molar-refractivity contribution in [2.75, 3.05) is 0 Å². The van der Waals surface area contributed by atoms with Gasteiger partial charge < -0.3 is 15.0 Å². The van der Waals surface area contributed by atoms with E-state index in [1.165, 1.54) is 12.1 Å². The minimum Gasteiger partial charge on any atom is -0.478 e. The van der Waals surface area contributed by atoms with E-state index in [4.69, 9.17) is 10.2 Å². The van der Waals surface area contributed by atoms with Crippen molar-refractivity contribution in [1.82, 2.24) is 0 Å². The van der Waals surface area contributed by atoms with Crippen LogP contribution in [0.2, 0.25) is 0 Å². The molecule has 0 aliphatic rings. The van der Waals surface area contributed by atoms with Crippen LogP contribution in [0.15, 0.2) is 18.2 Å². The van der Waals surface area contributed by atoms with Crippen LogP contribution >= 0.6 is 0 Å². The SMILES string of the molecule is CC(C=O)Cc1ccc(C(=O)O)cc1C(=O)O. The lowest BCUT2D eigenvalue weighted by Gasteiger charge is -2.08. The molecule has 2 N–H and O–H groups in total. The Morgan fingerprint density at radius 3 is 2.41 bits per heavy atom.